The number of halogens is 3. The monoisotopic (exact) mass is 428 g/mol. The summed E-state index contributed by atoms with van der Waals surface area (Å²) in [6.45, 7) is 9.18. The van der Waals surface area contributed by atoms with E-state index in [-0.39, 0.29) is 18.9 Å². The van der Waals surface area contributed by atoms with Crippen LogP contribution in [-0.2, 0) is 6.18 Å². The van der Waals surface area contributed by atoms with Crippen molar-refractivity contribution in [2.45, 2.75) is 38.1 Å². The van der Waals surface area contributed by atoms with Crippen LogP contribution < -0.4 is 15.4 Å². The number of guanidine groups is 1. The van der Waals surface area contributed by atoms with Crippen molar-refractivity contribution in [2.75, 3.05) is 39.3 Å². The van der Waals surface area contributed by atoms with E-state index in [0.29, 0.717) is 18.5 Å². The number of hydrogen-bond donors (Lipinski definition) is 3. The molecule has 1 aliphatic heterocycles. The topological polar surface area (TPSA) is 69.1 Å². The van der Waals surface area contributed by atoms with Gasteiger partial charge in [0, 0.05) is 32.2 Å². The van der Waals surface area contributed by atoms with Crippen molar-refractivity contribution < 1.29 is 23.0 Å². The second-order valence-corrected chi connectivity index (χ2v) is 7.22. The highest BCUT2D eigenvalue weighted by atomic mass is 19.4. The summed E-state index contributed by atoms with van der Waals surface area (Å²) in [5.41, 5.74) is -0.787. The molecule has 1 fully saturated rings. The second kappa shape index (κ2) is 11.8. The number of piperidine rings is 1. The lowest BCUT2D eigenvalue weighted by Gasteiger charge is -2.32. The van der Waals surface area contributed by atoms with Gasteiger partial charge in [-0.3, -0.25) is 9.89 Å². The Morgan fingerprint density at radius 2 is 2.13 bits per heavy atom. The third kappa shape index (κ3) is 8.23. The quantitative estimate of drug-likeness (QED) is 0.321. The normalized spacial score (nSPS) is 17.4. The van der Waals surface area contributed by atoms with Crippen molar-refractivity contribution in [1.82, 2.24) is 15.5 Å². The molecule has 1 saturated heterocycles. The van der Waals surface area contributed by atoms with E-state index >= 15 is 0 Å². The van der Waals surface area contributed by atoms with Gasteiger partial charge in [0.05, 0.1) is 12.1 Å². The fourth-order valence-electron chi connectivity index (χ4n) is 3.16. The molecule has 0 radical (unpaired) electrons. The van der Waals surface area contributed by atoms with Gasteiger partial charge in [-0.1, -0.05) is 12.1 Å². The van der Waals surface area contributed by atoms with Gasteiger partial charge in [-0.15, -0.1) is 6.58 Å². The van der Waals surface area contributed by atoms with Gasteiger partial charge < -0.3 is 20.5 Å². The zero-order chi connectivity index (χ0) is 22.0. The molecule has 0 amide bonds. The van der Waals surface area contributed by atoms with Crippen LogP contribution in [0.4, 0.5) is 13.2 Å². The van der Waals surface area contributed by atoms with E-state index in [1.54, 1.807) is 0 Å². The van der Waals surface area contributed by atoms with E-state index < -0.39 is 17.8 Å². The van der Waals surface area contributed by atoms with Crippen molar-refractivity contribution in [3.8, 4) is 5.75 Å². The number of aliphatic imine (C=N–C) groups is 1. The first kappa shape index (κ1) is 24.0. The number of ether oxygens (including phenoxy) is 1. The Morgan fingerprint density at radius 1 is 1.40 bits per heavy atom. The molecular weight excluding hydrogens is 397 g/mol. The van der Waals surface area contributed by atoms with Crippen LogP contribution >= 0.6 is 0 Å². The molecule has 6 nitrogen and oxygen atoms in total. The zero-order valence-corrected chi connectivity index (χ0v) is 17.3. The zero-order valence-electron chi connectivity index (χ0n) is 17.3. The molecule has 1 aliphatic rings. The molecule has 0 aromatic heterocycles. The summed E-state index contributed by atoms with van der Waals surface area (Å²) < 4.78 is 43.6. The molecule has 1 atom stereocenters. The first-order valence-corrected chi connectivity index (χ1v) is 10.2. The summed E-state index contributed by atoms with van der Waals surface area (Å²) >= 11 is 0. The van der Waals surface area contributed by atoms with Gasteiger partial charge in [-0.05, 0) is 38.0 Å². The fraction of sp³-hybridized carbons (Fsp3) is 0.571. The molecular formula is C21H31F3N4O2. The molecule has 0 spiro atoms. The average Bonchev–Trinajstić information content (AvgIpc) is 2.72. The van der Waals surface area contributed by atoms with Crippen molar-refractivity contribution in [3.63, 3.8) is 0 Å². The van der Waals surface area contributed by atoms with Gasteiger partial charge in [-0.25, -0.2) is 0 Å². The molecule has 1 unspecified atom stereocenters. The summed E-state index contributed by atoms with van der Waals surface area (Å²) in [5.74, 6) is 0.668. The van der Waals surface area contributed by atoms with Crippen LogP contribution in [-0.4, -0.2) is 67.4 Å². The van der Waals surface area contributed by atoms with Gasteiger partial charge in [0.15, 0.2) is 5.96 Å². The van der Waals surface area contributed by atoms with Crippen molar-refractivity contribution >= 4 is 5.96 Å². The minimum Gasteiger partial charge on any atom is -0.491 e. The number of nitrogens with one attached hydrogen (secondary N) is 2. The van der Waals surface area contributed by atoms with Gasteiger partial charge in [0.25, 0.3) is 0 Å². The maximum absolute atomic E-state index is 12.8. The largest absolute Gasteiger partial charge is 0.491 e. The minimum absolute atomic E-state index is 0.0594. The summed E-state index contributed by atoms with van der Waals surface area (Å²) in [7, 11) is 0. The lowest BCUT2D eigenvalue weighted by atomic mass is 10.1. The maximum Gasteiger partial charge on any atom is 0.416 e. The third-order valence-electron chi connectivity index (χ3n) is 4.72. The second-order valence-electron chi connectivity index (χ2n) is 7.22. The Balaban J connectivity index is 1.82. The SMILES string of the molecule is C=CCN1CCC(NC(=NCC(O)COc2cccc(C(F)(F)F)c2)NCC)CC1. The smallest absolute Gasteiger partial charge is 0.416 e. The van der Waals surface area contributed by atoms with Crippen molar-refractivity contribution in [3.05, 3.63) is 42.5 Å². The number of likely N-dealkylation sites (tertiary alicyclic amines) is 1. The molecule has 1 aromatic rings. The first-order valence-electron chi connectivity index (χ1n) is 10.2. The summed E-state index contributed by atoms with van der Waals surface area (Å²) in [6.07, 6.45) is -1.50. The van der Waals surface area contributed by atoms with Gasteiger partial charge >= 0.3 is 6.18 Å². The summed E-state index contributed by atoms with van der Waals surface area (Å²) in [4.78, 5) is 6.72. The van der Waals surface area contributed by atoms with Crippen LogP contribution in [0.25, 0.3) is 0 Å². The third-order valence-corrected chi connectivity index (χ3v) is 4.72. The van der Waals surface area contributed by atoms with Crippen molar-refractivity contribution in [2.24, 2.45) is 4.99 Å². The van der Waals surface area contributed by atoms with Crippen LogP contribution in [0.2, 0.25) is 0 Å². The number of benzene rings is 1. The molecule has 0 bridgehead atoms. The predicted molar refractivity (Wildman–Crippen MR) is 112 cm³/mol. The number of aliphatic hydroxyl groups is 1. The fourth-order valence-corrected chi connectivity index (χ4v) is 3.16. The van der Waals surface area contributed by atoms with E-state index in [4.69, 9.17) is 4.74 Å². The lowest BCUT2D eigenvalue weighted by Crippen LogP contribution is -2.49. The van der Waals surface area contributed by atoms with E-state index in [1.807, 2.05) is 13.0 Å². The Labute approximate surface area is 175 Å². The van der Waals surface area contributed by atoms with Crippen LogP contribution in [0.3, 0.4) is 0 Å². The van der Waals surface area contributed by atoms with E-state index in [0.717, 1.165) is 44.6 Å². The number of alkyl halides is 3. The van der Waals surface area contributed by atoms with Crippen LogP contribution in [0.1, 0.15) is 25.3 Å². The highest BCUT2D eigenvalue weighted by Gasteiger charge is 2.30. The minimum atomic E-state index is -4.43. The van der Waals surface area contributed by atoms with E-state index in [2.05, 4.69) is 27.1 Å². The summed E-state index contributed by atoms with van der Waals surface area (Å²) in [5, 5.41) is 16.7. The predicted octanol–water partition coefficient (Wildman–Crippen LogP) is 2.65. The molecule has 30 heavy (non-hydrogen) atoms. The van der Waals surface area contributed by atoms with E-state index in [9.17, 15) is 18.3 Å². The van der Waals surface area contributed by atoms with Crippen molar-refractivity contribution in [1.29, 1.82) is 0 Å². The van der Waals surface area contributed by atoms with E-state index in [1.165, 1.54) is 12.1 Å². The molecule has 3 N–H and O–H groups in total. The maximum atomic E-state index is 12.8. The molecule has 0 saturated carbocycles. The Hall–Kier alpha value is -2.26. The molecule has 0 aliphatic carbocycles. The molecule has 9 heteroatoms. The van der Waals surface area contributed by atoms with Crippen LogP contribution in [0, 0.1) is 0 Å². The molecule has 1 aromatic carbocycles. The average molecular weight is 428 g/mol. The number of rotatable bonds is 9. The number of aliphatic hydroxyl groups excluding tert-OH is 1. The Kier molecular flexibility index (Phi) is 9.45. The number of nitrogens with zero attached hydrogens (tertiary/aromatic N) is 2. The highest BCUT2D eigenvalue weighted by Crippen LogP contribution is 2.31. The van der Waals surface area contributed by atoms with Gasteiger partial charge in [0.1, 0.15) is 18.5 Å². The van der Waals surface area contributed by atoms with Crippen LogP contribution in [0.15, 0.2) is 41.9 Å². The van der Waals surface area contributed by atoms with Gasteiger partial charge in [0.2, 0.25) is 0 Å². The Morgan fingerprint density at radius 3 is 2.77 bits per heavy atom. The number of hydrogen-bond acceptors (Lipinski definition) is 4. The summed E-state index contributed by atoms with van der Waals surface area (Å²) in [6, 6.07) is 4.89. The molecule has 168 valence electrons. The molecule has 2 rings (SSSR count). The standard InChI is InChI=1S/C21H31F3N4O2/c1-3-10-28-11-8-17(9-12-28)27-20(25-4-2)26-14-18(29)15-30-19-7-5-6-16(13-19)21(22,23)24/h3,5-7,13,17-18,29H,1,4,8-12,14-15H2,2H3,(H2,25,26,27). The first-order chi connectivity index (χ1) is 14.3. The lowest BCUT2D eigenvalue weighted by molar-refractivity contribution is -0.137. The molecule has 1 heterocycles. The highest BCUT2D eigenvalue weighted by molar-refractivity contribution is 5.80. The Bertz CT molecular complexity index is 689. The van der Waals surface area contributed by atoms with Gasteiger partial charge in [-0.2, -0.15) is 13.2 Å². The van der Waals surface area contributed by atoms with Crippen LogP contribution in [0.5, 0.6) is 5.75 Å².